The van der Waals surface area contributed by atoms with E-state index in [1.807, 2.05) is 0 Å². The van der Waals surface area contributed by atoms with Crippen LogP contribution in [0.2, 0.25) is 5.02 Å². The van der Waals surface area contributed by atoms with Gasteiger partial charge in [-0.15, -0.1) is 11.3 Å². The molecular formula is C28H31ClFN5O4S2. The van der Waals surface area contributed by atoms with E-state index in [0.717, 1.165) is 62.5 Å². The Morgan fingerprint density at radius 2 is 1.98 bits per heavy atom. The molecule has 5 rings (SSSR count). The zero-order valence-electron chi connectivity index (χ0n) is 22.2. The largest absolute Gasteiger partial charge is 0.395 e. The number of nitrogens with two attached hydrogens (primary N) is 1. The number of nitrogens with zero attached hydrogens (tertiary/aromatic N) is 2. The summed E-state index contributed by atoms with van der Waals surface area (Å²) in [6, 6.07) is 6.21. The maximum atomic E-state index is 14.2. The van der Waals surface area contributed by atoms with E-state index in [2.05, 4.69) is 15.0 Å². The average molecular weight is 620 g/mol. The molecule has 9 nitrogen and oxygen atoms in total. The summed E-state index contributed by atoms with van der Waals surface area (Å²) >= 11 is 8.20. The highest BCUT2D eigenvalue weighted by molar-refractivity contribution is 7.10. The van der Waals surface area contributed by atoms with E-state index in [9.17, 15) is 18.8 Å². The Hall–Kier alpha value is -3.06. The summed E-state index contributed by atoms with van der Waals surface area (Å²) in [7, 11) is 0. The van der Waals surface area contributed by atoms with Crippen molar-refractivity contribution in [1.29, 1.82) is 0 Å². The highest BCUT2D eigenvalue weighted by atomic mass is 35.5. The summed E-state index contributed by atoms with van der Waals surface area (Å²) in [5.41, 5.74) is 6.44. The molecule has 3 heterocycles. The molecule has 13 heteroatoms. The number of anilines is 2. The van der Waals surface area contributed by atoms with Gasteiger partial charge in [-0.1, -0.05) is 36.9 Å². The second kappa shape index (κ2) is 13.3. The molecular weight excluding hydrogens is 589 g/mol. The first-order chi connectivity index (χ1) is 19.8. The van der Waals surface area contributed by atoms with Gasteiger partial charge in [-0.3, -0.25) is 19.3 Å². The molecule has 41 heavy (non-hydrogen) atoms. The van der Waals surface area contributed by atoms with E-state index in [4.69, 9.17) is 22.1 Å². The van der Waals surface area contributed by atoms with Crippen LogP contribution in [0.4, 0.5) is 15.8 Å². The number of nitrogens with one attached hydrogen (secondary N) is 2. The van der Waals surface area contributed by atoms with Crippen LogP contribution in [0, 0.1) is 5.82 Å². The van der Waals surface area contributed by atoms with Crippen molar-refractivity contribution in [3.8, 4) is 0 Å². The quantitative estimate of drug-likeness (QED) is 0.297. The Morgan fingerprint density at radius 1 is 1.17 bits per heavy atom. The van der Waals surface area contributed by atoms with E-state index in [1.165, 1.54) is 28.4 Å². The molecule has 0 radical (unpaired) electrons. The van der Waals surface area contributed by atoms with Crippen LogP contribution in [0.5, 0.6) is 0 Å². The maximum Gasteiger partial charge on any atom is 0.273 e. The molecule has 1 aliphatic carbocycles. The molecule has 2 aliphatic rings. The molecule has 0 bridgehead atoms. The highest BCUT2D eigenvalue weighted by Crippen LogP contribution is 2.36. The van der Waals surface area contributed by atoms with Gasteiger partial charge in [-0.2, -0.15) is 4.37 Å². The number of amides is 3. The van der Waals surface area contributed by atoms with Crippen molar-refractivity contribution < 1.29 is 23.5 Å². The van der Waals surface area contributed by atoms with Crippen LogP contribution < -0.4 is 21.3 Å². The Balaban J connectivity index is 1.49. The van der Waals surface area contributed by atoms with Gasteiger partial charge in [0.1, 0.15) is 10.7 Å². The topological polar surface area (TPSA) is 127 Å². The molecule has 1 saturated heterocycles. The lowest BCUT2D eigenvalue weighted by atomic mass is 9.95. The van der Waals surface area contributed by atoms with Crippen LogP contribution >= 0.6 is 34.5 Å². The lowest BCUT2D eigenvalue weighted by molar-refractivity contribution is -0.122. The fraction of sp³-hybridized carbons (Fsp3) is 0.429. The number of rotatable bonds is 9. The molecule has 1 saturated carbocycles. The van der Waals surface area contributed by atoms with Crippen LogP contribution in [0.3, 0.4) is 0 Å². The van der Waals surface area contributed by atoms with Crippen molar-refractivity contribution in [2.24, 2.45) is 0 Å². The van der Waals surface area contributed by atoms with Crippen molar-refractivity contribution in [3.63, 3.8) is 0 Å². The second-order valence-corrected chi connectivity index (χ2v) is 12.3. The summed E-state index contributed by atoms with van der Waals surface area (Å²) in [5, 5.41) is 7.47. The van der Waals surface area contributed by atoms with Crippen LogP contribution in [0.1, 0.15) is 76.0 Å². The zero-order chi connectivity index (χ0) is 28.9. The van der Waals surface area contributed by atoms with Crippen molar-refractivity contribution in [1.82, 2.24) is 15.0 Å². The van der Waals surface area contributed by atoms with Crippen molar-refractivity contribution in [2.75, 3.05) is 23.8 Å². The predicted molar refractivity (Wildman–Crippen MR) is 158 cm³/mol. The Kier molecular flexibility index (Phi) is 9.53. The van der Waals surface area contributed by atoms with Gasteiger partial charge in [0.25, 0.3) is 11.8 Å². The molecule has 218 valence electrons. The summed E-state index contributed by atoms with van der Waals surface area (Å²) < 4.78 is 24.0. The fourth-order valence-electron chi connectivity index (χ4n) is 5.18. The molecule has 4 N–H and O–H groups in total. The van der Waals surface area contributed by atoms with Crippen LogP contribution in [-0.4, -0.2) is 47.4 Å². The van der Waals surface area contributed by atoms with Crippen molar-refractivity contribution in [2.45, 2.75) is 63.1 Å². The molecule has 2 atom stereocenters. The molecule has 1 aliphatic heterocycles. The maximum absolute atomic E-state index is 14.2. The van der Waals surface area contributed by atoms with E-state index in [0.29, 0.717) is 11.5 Å². The van der Waals surface area contributed by atoms with Crippen LogP contribution in [0.25, 0.3) is 0 Å². The number of hydrogen-bond acceptors (Lipinski definition) is 8. The van der Waals surface area contributed by atoms with Gasteiger partial charge in [-0.05, 0) is 66.9 Å². The standard InChI is InChI=1S/C28H31ClFN5O4S2/c29-19-14-17(10-11-20(19)30)35(24(21-9-5-13-40-21)27(37)32-15-18-8-4-12-39-18)28(38)25-22(31)23(34-41-25)26(36)33-16-6-2-1-3-7-16/h5,9-11,13-14,16,18,24H,1-4,6-8,12,15,31H2,(H,32,37)(H,33,36). The minimum absolute atomic E-state index is 0.00674. The lowest BCUT2D eigenvalue weighted by Crippen LogP contribution is -2.45. The SMILES string of the molecule is Nc1c(C(=O)NC2CCCCC2)nsc1C(=O)N(c1ccc(F)c(Cl)c1)C(C(=O)NCC1CCCO1)c1cccs1. The number of thiophene rings is 1. The Labute approximate surface area is 250 Å². The summed E-state index contributed by atoms with van der Waals surface area (Å²) in [6.07, 6.45) is 6.59. The molecule has 1 aromatic carbocycles. The molecule has 3 amide bonds. The number of ether oxygens (including phenoxy) is 1. The van der Waals surface area contributed by atoms with Gasteiger partial charge in [0.05, 0.1) is 16.8 Å². The van der Waals surface area contributed by atoms with Crippen LogP contribution in [0.15, 0.2) is 35.7 Å². The molecule has 2 aromatic heterocycles. The van der Waals surface area contributed by atoms with Crippen molar-refractivity contribution in [3.05, 3.63) is 62.0 Å². The number of hydrogen-bond donors (Lipinski definition) is 3. The van der Waals surface area contributed by atoms with Crippen LogP contribution in [-0.2, 0) is 9.53 Å². The van der Waals surface area contributed by atoms with Gasteiger partial charge < -0.3 is 21.1 Å². The molecule has 0 spiro atoms. The first-order valence-electron chi connectivity index (χ1n) is 13.6. The Bertz CT molecular complexity index is 1390. The van der Waals surface area contributed by atoms with E-state index in [1.54, 1.807) is 17.5 Å². The number of carbonyl (C=O) groups is 3. The fourth-order valence-corrected chi connectivity index (χ4v) is 6.90. The normalized spacial score (nSPS) is 18.1. The summed E-state index contributed by atoms with van der Waals surface area (Å²) in [5.74, 6) is -2.22. The number of benzene rings is 1. The van der Waals surface area contributed by atoms with E-state index < -0.39 is 29.6 Å². The minimum Gasteiger partial charge on any atom is -0.395 e. The van der Waals surface area contributed by atoms with Gasteiger partial charge in [0.15, 0.2) is 11.7 Å². The average Bonchev–Trinajstić information content (AvgIpc) is 3.75. The number of aromatic nitrogens is 1. The first kappa shape index (κ1) is 29.4. The third-order valence-corrected chi connectivity index (χ3v) is 9.39. The third kappa shape index (κ3) is 6.72. The number of halogens is 2. The number of nitrogen functional groups attached to an aromatic ring is 1. The first-order valence-corrected chi connectivity index (χ1v) is 15.6. The van der Waals surface area contributed by atoms with E-state index in [-0.39, 0.29) is 45.7 Å². The van der Waals surface area contributed by atoms with Crippen molar-refractivity contribution >= 4 is 63.6 Å². The Morgan fingerprint density at radius 3 is 2.66 bits per heavy atom. The monoisotopic (exact) mass is 619 g/mol. The molecule has 3 aromatic rings. The number of carbonyl (C=O) groups excluding carboxylic acids is 3. The van der Waals surface area contributed by atoms with Gasteiger partial charge in [-0.25, -0.2) is 4.39 Å². The molecule has 2 fully saturated rings. The zero-order valence-corrected chi connectivity index (χ0v) is 24.6. The highest BCUT2D eigenvalue weighted by Gasteiger charge is 2.37. The lowest BCUT2D eigenvalue weighted by Gasteiger charge is -2.30. The van der Waals surface area contributed by atoms with Gasteiger partial charge in [0, 0.05) is 29.8 Å². The minimum atomic E-state index is -1.13. The summed E-state index contributed by atoms with van der Waals surface area (Å²) in [6.45, 7) is 0.913. The van der Waals surface area contributed by atoms with Gasteiger partial charge >= 0.3 is 0 Å². The second-order valence-electron chi connectivity index (χ2n) is 10.2. The molecule has 2 unspecified atom stereocenters. The smallest absolute Gasteiger partial charge is 0.273 e. The summed E-state index contributed by atoms with van der Waals surface area (Å²) in [4.78, 5) is 42.8. The van der Waals surface area contributed by atoms with Gasteiger partial charge in [0.2, 0.25) is 5.91 Å². The predicted octanol–water partition coefficient (Wildman–Crippen LogP) is 5.33. The third-order valence-electron chi connectivity index (χ3n) is 7.33. The van der Waals surface area contributed by atoms with E-state index >= 15 is 0 Å².